The fourth-order valence-electron chi connectivity index (χ4n) is 1.16. The maximum absolute atomic E-state index is 11.8. The van der Waals surface area contributed by atoms with Crippen LogP contribution < -0.4 is 4.72 Å². The SMILES string of the molecule is CC(C)=CCNS(=O)(=O)c1ccc(C)cc1. The van der Waals surface area contributed by atoms with Gasteiger partial charge in [0.25, 0.3) is 0 Å². The topological polar surface area (TPSA) is 46.2 Å². The van der Waals surface area contributed by atoms with Gasteiger partial charge in [0.05, 0.1) is 4.90 Å². The van der Waals surface area contributed by atoms with Gasteiger partial charge in [0, 0.05) is 6.54 Å². The predicted octanol–water partition coefficient (Wildman–Crippen LogP) is 2.24. The van der Waals surface area contributed by atoms with E-state index in [0.717, 1.165) is 11.1 Å². The van der Waals surface area contributed by atoms with E-state index in [0.29, 0.717) is 11.4 Å². The number of benzene rings is 1. The van der Waals surface area contributed by atoms with Gasteiger partial charge in [-0.15, -0.1) is 0 Å². The molecule has 0 amide bonds. The highest BCUT2D eigenvalue weighted by atomic mass is 32.2. The molecule has 0 radical (unpaired) electrons. The monoisotopic (exact) mass is 239 g/mol. The normalized spacial score (nSPS) is 11.2. The molecule has 3 nitrogen and oxygen atoms in total. The summed E-state index contributed by atoms with van der Waals surface area (Å²) in [5.41, 5.74) is 2.13. The van der Waals surface area contributed by atoms with Crippen LogP contribution in [0.1, 0.15) is 19.4 Å². The Labute approximate surface area is 97.2 Å². The van der Waals surface area contributed by atoms with Crippen molar-refractivity contribution < 1.29 is 8.42 Å². The fraction of sp³-hybridized carbons (Fsp3) is 0.333. The average Bonchev–Trinajstić information content (AvgIpc) is 2.17. The average molecular weight is 239 g/mol. The lowest BCUT2D eigenvalue weighted by molar-refractivity contribution is 0.585. The summed E-state index contributed by atoms with van der Waals surface area (Å²) in [6, 6.07) is 6.80. The molecule has 0 bridgehead atoms. The van der Waals surface area contributed by atoms with Crippen LogP contribution in [0.4, 0.5) is 0 Å². The van der Waals surface area contributed by atoms with Crippen LogP contribution in [-0.2, 0) is 10.0 Å². The van der Waals surface area contributed by atoms with Gasteiger partial charge in [-0.25, -0.2) is 13.1 Å². The Morgan fingerprint density at radius 2 is 1.81 bits per heavy atom. The van der Waals surface area contributed by atoms with Gasteiger partial charge in [0.2, 0.25) is 10.0 Å². The lowest BCUT2D eigenvalue weighted by atomic mass is 10.2. The summed E-state index contributed by atoms with van der Waals surface area (Å²) >= 11 is 0. The van der Waals surface area contributed by atoms with Gasteiger partial charge in [0.15, 0.2) is 0 Å². The minimum atomic E-state index is -3.37. The van der Waals surface area contributed by atoms with Crippen LogP contribution >= 0.6 is 0 Å². The smallest absolute Gasteiger partial charge is 0.207 e. The summed E-state index contributed by atoms with van der Waals surface area (Å²) < 4.78 is 26.1. The van der Waals surface area contributed by atoms with Crippen LogP contribution in [0, 0.1) is 6.92 Å². The largest absolute Gasteiger partial charge is 0.240 e. The Hall–Kier alpha value is -1.13. The van der Waals surface area contributed by atoms with Gasteiger partial charge >= 0.3 is 0 Å². The van der Waals surface area contributed by atoms with Gasteiger partial charge in [0.1, 0.15) is 0 Å². The zero-order chi connectivity index (χ0) is 12.2. The lowest BCUT2D eigenvalue weighted by Gasteiger charge is -2.05. The Morgan fingerprint density at radius 3 is 2.31 bits per heavy atom. The second-order valence-electron chi connectivity index (χ2n) is 3.95. The van der Waals surface area contributed by atoms with Crippen LogP contribution in [0.5, 0.6) is 0 Å². The standard InChI is InChI=1S/C12H17NO2S/c1-10(2)8-9-13-16(14,15)12-6-4-11(3)5-7-12/h4-8,13H,9H2,1-3H3. The fourth-order valence-corrected chi connectivity index (χ4v) is 2.12. The van der Waals surface area contributed by atoms with Crippen molar-refractivity contribution >= 4 is 10.0 Å². The predicted molar refractivity (Wildman–Crippen MR) is 65.8 cm³/mol. The third-order valence-electron chi connectivity index (χ3n) is 2.11. The molecule has 0 aliphatic carbocycles. The number of hydrogen-bond acceptors (Lipinski definition) is 2. The highest BCUT2D eigenvalue weighted by molar-refractivity contribution is 7.89. The van der Waals surface area contributed by atoms with Crippen molar-refractivity contribution in [3.63, 3.8) is 0 Å². The molecule has 0 aliphatic heterocycles. The number of allylic oxidation sites excluding steroid dienone is 1. The van der Waals surface area contributed by atoms with E-state index in [-0.39, 0.29) is 0 Å². The number of sulfonamides is 1. The van der Waals surface area contributed by atoms with Crippen LogP contribution in [0.2, 0.25) is 0 Å². The Balaban J connectivity index is 2.78. The van der Waals surface area contributed by atoms with Crippen molar-refractivity contribution in [1.82, 2.24) is 4.72 Å². The van der Waals surface area contributed by atoms with Crippen LogP contribution in [0.25, 0.3) is 0 Å². The van der Waals surface area contributed by atoms with E-state index in [9.17, 15) is 8.42 Å². The molecular weight excluding hydrogens is 222 g/mol. The first-order chi connectivity index (χ1) is 7.42. The van der Waals surface area contributed by atoms with E-state index in [2.05, 4.69) is 4.72 Å². The highest BCUT2D eigenvalue weighted by Crippen LogP contribution is 2.09. The van der Waals surface area contributed by atoms with E-state index in [1.807, 2.05) is 26.8 Å². The minimum absolute atomic E-state index is 0.306. The van der Waals surface area contributed by atoms with Gasteiger partial charge in [-0.05, 0) is 32.9 Å². The molecule has 16 heavy (non-hydrogen) atoms. The molecule has 0 unspecified atom stereocenters. The molecule has 1 N–H and O–H groups in total. The molecule has 0 saturated carbocycles. The molecule has 88 valence electrons. The molecule has 0 aliphatic rings. The Morgan fingerprint density at radius 1 is 1.25 bits per heavy atom. The second-order valence-corrected chi connectivity index (χ2v) is 5.71. The first-order valence-corrected chi connectivity index (χ1v) is 6.60. The summed E-state index contributed by atoms with van der Waals surface area (Å²) in [6.45, 7) is 6.12. The van der Waals surface area contributed by atoms with E-state index in [1.165, 1.54) is 0 Å². The molecule has 4 heteroatoms. The summed E-state index contributed by atoms with van der Waals surface area (Å²) in [5, 5.41) is 0. The van der Waals surface area contributed by atoms with Crippen molar-refractivity contribution in [3.05, 3.63) is 41.5 Å². The van der Waals surface area contributed by atoms with Gasteiger partial charge < -0.3 is 0 Å². The summed E-state index contributed by atoms with van der Waals surface area (Å²) in [6.07, 6.45) is 1.84. The van der Waals surface area contributed by atoms with E-state index in [1.54, 1.807) is 24.3 Å². The van der Waals surface area contributed by atoms with E-state index in [4.69, 9.17) is 0 Å². The number of rotatable bonds is 4. The molecular formula is C12H17NO2S. The third kappa shape index (κ3) is 3.79. The first-order valence-electron chi connectivity index (χ1n) is 5.11. The van der Waals surface area contributed by atoms with Crippen LogP contribution in [-0.4, -0.2) is 15.0 Å². The summed E-state index contributed by atoms with van der Waals surface area (Å²) in [4.78, 5) is 0.306. The molecule has 0 heterocycles. The van der Waals surface area contributed by atoms with Crippen molar-refractivity contribution in [3.8, 4) is 0 Å². The maximum atomic E-state index is 11.8. The van der Waals surface area contributed by atoms with Gasteiger partial charge in [-0.2, -0.15) is 0 Å². The number of aryl methyl sites for hydroxylation is 1. The highest BCUT2D eigenvalue weighted by Gasteiger charge is 2.11. The molecule has 1 aromatic carbocycles. The van der Waals surface area contributed by atoms with Crippen molar-refractivity contribution in [2.75, 3.05) is 6.54 Å². The maximum Gasteiger partial charge on any atom is 0.240 e. The van der Waals surface area contributed by atoms with E-state index >= 15 is 0 Å². The quantitative estimate of drug-likeness (QED) is 0.819. The number of hydrogen-bond donors (Lipinski definition) is 1. The van der Waals surface area contributed by atoms with Crippen molar-refractivity contribution in [2.45, 2.75) is 25.7 Å². The molecule has 0 spiro atoms. The van der Waals surface area contributed by atoms with Crippen molar-refractivity contribution in [1.29, 1.82) is 0 Å². The lowest BCUT2D eigenvalue weighted by Crippen LogP contribution is -2.23. The van der Waals surface area contributed by atoms with Crippen LogP contribution in [0.15, 0.2) is 40.8 Å². The summed E-state index contributed by atoms with van der Waals surface area (Å²) in [5.74, 6) is 0. The second kappa shape index (κ2) is 5.27. The molecule has 1 aromatic rings. The third-order valence-corrected chi connectivity index (χ3v) is 3.55. The van der Waals surface area contributed by atoms with Gasteiger partial charge in [-0.1, -0.05) is 29.3 Å². The molecule has 0 aromatic heterocycles. The summed E-state index contributed by atoms with van der Waals surface area (Å²) in [7, 11) is -3.37. The van der Waals surface area contributed by atoms with E-state index < -0.39 is 10.0 Å². The Bertz CT molecular complexity index is 468. The van der Waals surface area contributed by atoms with Crippen molar-refractivity contribution in [2.24, 2.45) is 0 Å². The first kappa shape index (κ1) is 12.9. The Kier molecular flexibility index (Phi) is 4.26. The van der Waals surface area contributed by atoms with Gasteiger partial charge in [-0.3, -0.25) is 0 Å². The van der Waals surface area contributed by atoms with Crippen LogP contribution in [0.3, 0.4) is 0 Å². The minimum Gasteiger partial charge on any atom is -0.207 e. The molecule has 0 saturated heterocycles. The zero-order valence-electron chi connectivity index (χ0n) is 9.82. The molecule has 0 fully saturated rings. The molecule has 0 atom stereocenters. The molecule has 1 rings (SSSR count). The number of nitrogens with one attached hydrogen (secondary N) is 1. The zero-order valence-corrected chi connectivity index (χ0v) is 10.6.